The van der Waals surface area contributed by atoms with Crippen LogP contribution in [0.25, 0.3) is 0 Å². The summed E-state index contributed by atoms with van der Waals surface area (Å²) in [5.74, 6) is 1.78. The van der Waals surface area contributed by atoms with Crippen molar-refractivity contribution in [1.82, 2.24) is 24.6 Å². The lowest BCUT2D eigenvalue weighted by Gasteiger charge is -2.30. The van der Waals surface area contributed by atoms with Gasteiger partial charge in [0.25, 0.3) is 5.91 Å². The number of aryl methyl sites for hydroxylation is 1. The van der Waals surface area contributed by atoms with E-state index in [0.29, 0.717) is 49.0 Å². The van der Waals surface area contributed by atoms with Crippen molar-refractivity contribution < 1.29 is 19.1 Å². The third kappa shape index (κ3) is 3.09. The number of amides is 2. The van der Waals surface area contributed by atoms with Gasteiger partial charge < -0.3 is 23.9 Å². The number of fused-ring (bicyclic) bond motifs is 1. The average molecular weight is 387 g/mol. The summed E-state index contributed by atoms with van der Waals surface area (Å²) in [6.07, 6.45) is 1.29. The SMILES string of the molecule is Cc1occc1C(=O)N1C[C@@H](O)C[C@H]1c1nnc2n1CCN(C(=O)C(C)C)C2. The molecule has 2 aliphatic rings. The maximum atomic E-state index is 13.0. The Morgan fingerprint density at radius 2 is 2.07 bits per heavy atom. The molecule has 0 unspecified atom stereocenters. The number of aromatic nitrogens is 3. The highest BCUT2D eigenvalue weighted by Crippen LogP contribution is 2.34. The molecule has 0 aromatic carbocycles. The zero-order valence-corrected chi connectivity index (χ0v) is 16.3. The Morgan fingerprint density at radius 1 is 1.29 bits per heavy atom. The van der Waals surface area contributed by atoms with E-state index in [-0.39, 0.29) is 30.3 Å². The lowest BCUT2D eigenvalue weighted by atomic mass is 10.1. The van der Waals surface area contributed by atoms with E-state index in [1.165, 1.54) is 6.26 Å². The van der Waals surface area contributed by atoms with Crippen LogP contribution < -0.4 is 0 Å². The summed E-state index contributed by atoms with van der Waals surface area (Å²) in [6, 6.07) is 1.29. The van der Waals surface area contributed by atoms with E-state index in [1.807, 2.05) is 18.4 Å². The second kappa shape index (κ2) is 7.05. The molecule has 2 aromatic heterocycles. The Balaban J connectivity index is 1.60. The number of rotatable bonds is 3. The van der Waals surface area contributed by atoms with E-state index in [1.54, 1.807) is 22.8 Å². The van der Waals surface area contributed by atoms with Crippen LogP contribution in [0.15, 0.2) is 16.7 Å². The van der Waals surface area contributed by atoms with Gasteiger partial charge in [-0.1, -0.05) is 13.8 Å². The largest absolute Gasteiger partial charge is 0.469 e. The first kappa shape index (κ1) is 18.7. The van der Waals surface area contributed by atoms with Crippen molar-refractivity contribution in [3.8, 4) is 0 Å². The molecular formula is C19H25N5O4. The summed E-state index contributed by atoms with van der Waals surface area (Å²) in [5, 5.41) is 18.8. The standard InChI is InChI=1S/C19H25N5O4/c1-11(2)18(26)22-5-6-23-16(10-22)20-21-17(23)15-8-13(25)9-24(15)19(27)14-4-7-28-12(14)3/h4,7,11,13,15,25H,5-6,8-10H2,1-3H3/t13-,15-/m0/s1. The predicted octanol–water partition coefficient (Wildman–Crippen LogP) is 1.13. The molecule has 4 heterocycles. The van der Waals surface area contributed by atoms with Gasteiger partial charge in [-0.25, -0.2) is 0 Å². The first-order valence-corrected chi connectivity index (χ1v) is 9.60. The molecule has 1 N–H and O–H groups in total. The van der Waals surface area contributed by atoms with Crippen molar-refractivity contribution in [2.24, 2.45) is 5.92 Å². The fraction of sp³-hybridized carbons (Fsp3) is 0.579. The van der Waals surface area contributed by atoms with Gasteiger partial charge in [0, 0.05) is 32.0 Å². The predicted molar refractivity (Wildman–Crippen MR) is 98.1 cm³/mol. The second-order valence-electron chi connectivity index (χ2n) is 7.79. The van der Waals surface area contributed by atoms with Crippen LogP contribution in [0.5, 0.6) is 0 Å². The molecule has 0 aliphatic carbocycles. The molecule has 9 heteroatoms. The molecule has 0 radical (unpaired) electrons. The van der Waals surface area contributed by atoms with Gasteiger partial charge in [0.2, 0.25) is 5.91 Å². The fourth-order valence-electron chi connectivity index (χ4n) is 4.02. The number of carbonyl (C=O) groups is 2. The number of furan rings is 1. The second-order valence-corrected chi connectivity index (χ2v) is 7.79. The monoisotopic (exact) mass is 387 g/mol. The number of likely N-dealkylation sites (tertiary alicyclic amines) is 1. The van der Waals surface area contributed by atoms with E-state index in [9.17, 15) is 14.7 Å². The van der Waals surface area contributed by atoms with E-state index in [4.69, 9.17) is 4.42 Å². The number of hydrogen-bond donors (Lipinski definition) is 1. The minimum absolute atomic E-state index is 0.0646. The van der Waals surface area contributed by atoms with Gasteiger partial charge in [-0.2, -0.15) is 0 Å². The number of aliphatic hydroxyl groups is 1. The summed E-state index contributed by atoms with van der Waals surface area (Å²) in [6.45, 7) is 7.33. The van der Waals surface area contributed by atoms with Crippen LogP contribution in [-0.2, 0) is 17.9 Å². The molecule has 1 saturated heterocycles. The lowest BCUT2D eigenvalue weighted by molar-refractivity contribution is -0.136. The minimum atomic E-state index is -0.614. The van der Waals surface area contributed by atoms with Crippen molar-refractivity contribution >= 4 is 11.8 Å². The van der Waals surface area contributed by atoms with Crippen LogP contribution in [0.2, 0.25) is 0 Å². The summed E-state index contributed by atoms with van der Waals surface area (Å²) in [4.78, 5) is 28.7. The van der Waals surface area contributed by atoms with Crippen LogP contribution in [0.3, 0.4) is 0 Å². The zero-order valence-electron chi connectivity index (χ0n) is 16.3. The van der Waals surface area contributed by atoms with E-state index >= 15 is 0 Å². The maximum Gasteiger partial charge on any atom is 0.258 e. The average Bonchev–Trinajstić information content (AvgIpc) is 3.37. The van der Waals surface area contributed by atoms with Gasteiger partial charge in [-0.05, 0) is 13.0 Å². The third-order valence-electron chi connectivity index (χ3n) is 5.51. The molecule has 2 aliphatic heterocycles. The van der Waals surface area contributed by atoms with E-state index < -0.39 is 6.10 Å². The molecule has 1 fully saturated rings. The van der Waals surface area contributed by atoms with E-state index in [0.717, 1.165) is 0 Å². The molecule has 0 bridgehead atoms. The van der Waals surface area contributed by atoms with Crippen LogP contribution in [0, 0.1) is 12.8 Å². The number of β-amino-alcohol motifs (C(OH)–C–C–N with tert-alkyl or cyclic N) is 1. The Kier molecular flexibility index (Phi) is 4.70. The van der Waals surface area contributed by atoms with Gasteiger partial charge in [0.05, 0.1) is 30.5 Å². The molecule has 0 spiro atoms. The van der Waals surface area contributed by atoms with Gasteiger partial charge in [-0.15, -0.1) is 10.2 Å². The molecule has 0 saturated carbocycles. The van der Waals surface area contributed by atoms with E-state index in [2.05, 4.69) is 10.2 Å². The Morgan fingerprint density at radius 3 is 2.75 bits per heavy atom. The smallest absolute Gasteiger partial charge is 0.258 e. The Hall–Kier alpha value is -2.68. The molecule has 9 nitrogen and oxygen atoms in total. The number of hydrogen-bond acceptors (Lipinski definition) is 6. The quantitative estimate of drug-likeness (QED) is 0.846. The number of aliphatic hydroxyl groups excluding tert-OH is 1. The highest BCUT2D eigenvalue weighted by molar-refractivity contribution is 5.95. The minimum Gasteiger partial charge on any atom is -0.469 e. The molecule has 28 heavy (non-hydrogen) atoms. The van der Waals surface area contributed by atoms with Crippen LogP contribution in [0.4, 0.5) is 0 Å². The molecule has 4 rings (SSSR count). The highest BCUT2D eigenvalue weighted by Gasteiger charge is 2.40. The summed E-state index contributed by atoms with van der Waals surface area (Å²) < 4.78 is 7.24. The Labute approximate surface area is 162 Å². The van der Waals surface area contributed by atoms with Crippen molar-refractivity contribution in [3.63, 3.8) is 0 Å². The molecule has 2 aromatic rings. The Bertz CT molecular complexity index is 902. The van der Waals surface area contributed by atoms with Crippen molar-refractivity contribution in [3.05, 3.63) is 35.3 Å². The van der Waals surface area contributed by atoms with Crippen molar-refractivity contribution in [1.29, 1.82) is 0 Å². The molecule has 150 valence electrons. The van der Waals surface area contributed by atoms with Crippen LogP contribution >= 0.6 is 0 Å². The number of nitrogens with zero attached hydrogens (tertiary/aromatic N) is 5. The summed E-state index contributed by atoms with van der Waals surface area (Å²) in [5.41, 5.74) is 0.492. The van der Waals surface area contributed by atoms with Gasteiger partial charge in [0.1, 0.15) is 5.76 Å². The molecule has 2 amide bonds. The van der Waals surface area contributed by atoms with Crippen molar-refractivity contribution in [2.75, 3.05) is 13.1 Å². The first-order chi connectivity index (χ1) is 13.4. The molecular weight excluding hydrogens is 362 g/mol. The van der Waals surface area contributed by atoms with Gasteiger partial charge >= 0.3 is 0 Å². The topological polar surface area (TPSA) is 105 Å². The van der Waals surface area contributed by atoms with Crippen molar-refractivity contribution in [2.45, 2.75) is 52.4 Å². The highest BCUT2D eigenvalue weighted by atomic mass is 16.3. The fourth-order valence-corrected chi connectivity index (χ4v) is 4.02. The lowest BCUT2D eigenvalue weighted by Crippen LogP contribution is -2.41. The first-order valence-electron chi connectivity index (χ1n) is 9.60. The normalized spacial score (nSPS) is 22.0. The summed E-state index contributed by atoms with van der Waals surface area (Å²) in [7, 11) is 0. The summed E-state index contributed by atoms with van der Waals surface area (Å²) >= 11 is 0. The third-order valence-corrected chi connectivity index (χ3v) is 5.51. The van der Waals surface area contributed by atoms with Gasteiger partial charge in [-0.3, -0.25) is 9.59 Å². The van der Waals surface area contributed by atoms with Gasteiger partial charge in [0.15, 0.2) is 11.6 Å². The number of carbonyl (C=O) groups excluding carboxylic acids is 2. The zero-order chi connectivity index (χ0) is 20.0. The molecule has 2 atom stereocenters. The van der Waals surface area contributed by atoms with Crippen LogP contribution in [0.1, 0.15) is 54.1 Å². The maximum absolute atomic E-state index is 13.0. The van der Waals surface area contributed by atoms with Crippen LogP contribution in [-0.4, -0.2) is 60.7 Å².